The molecule has 0 fully saturated rings. The van der Waals surface area contributed by atoms with Crippen molar-refractivity contribution in [2.45, 2.75) is 12.8 Å². The van der Waals surface area contributed by atoms with E-state index in [0.29, 0.717) is 0 Å². The normalized spacial score (nSPS) is 11.7. The predicted molar refractivity (Wildman–Crippen MR) is 70.4 cm³/mol. The maximum atomic E-state index is 12.1. The van der Waals surface area contributed by atoms with Crippen molar-refractivity contribution in [3.05, 3.63) is 34.5 Å². The number of amides is 1. The lowest BCUT2D eigenvalue weighted by atomic mass is 10.3. The molecule has 0 aromatic heterocycles. The predicted octanol–water partition coefficient (Wildman–Crippen LogP) is 3.64. The van der Waals surface area contributed by atoms with Gasteiger partial charge in [0.25, 0.3) is 5.91 Å². The van der Waals surface area contributed by atoms with Gasteiger partial charge in [0.1, 0.15) is 5.75 Å². The monoisotopic (exact) mass is 364 g/mol. The van der Waals surface area contributed by atoms with E-state index in [1.807, 2.05) is 0 Å². The van der Waals surface area contributed by atoms with Crippen molar-refractivity contribution in [2.24, 2.45) is 0 Å². The fraction of sp³-hybridized carbons (Fsp3) is 0.167. The summed E-state index contributed by atoms with van der Waals surface area (Å²) in [5, 5.41) is 19.8. The first-order valence-electron chi connectivity index (χ1n) is 5.35. The molecule has 0 atom stereocenters. The number of benzene rings is 1. The van der Waals surface area contributed by atoms with E-state index in [0.717, 1.165) is 12.1 Å². The number of halogens is 4. The number of allylic oxidation sites excluding steroid dienone is 1. The molecule has 0 radical (unpaired) electrons. The van der Waals surface area contributed by atoms with Gasteiger partial charge < -0.3 is 15.2 Å². The Kier molecular flexibility index (Phi) is 5.60. The van der Waals surface area contributed by atoms with Crippen LogP contribution in [-0.4, -0.2) is 17.4 Å². The summed E-state index contributed by atoms with van der Waals surface area (Å²) in [6.45, 7) is 0. The summed E-state index contributed by atoms with van der Waals surface area (Å²) in [5.41, 5.74) is 0.137. The van der Waals surface area contributed by atoms with Gasteiger partial charge in [-0.15, -0.1) is 13.2 Å². The molecule has 1 aromatic rings. The highest BCUT2D eigenvalue weighted by atomic mass is 79.9. The van der Waals surface area contributed by atoms with Gasteiger partial charge in [-0.1, -0.05) is 0 Å². The molecule has 0 aliphatic carbocycles. The molecule has 2 N–H and O–H groups in total. The third-order valence-corrected chi connectivity index (χ3v) is 2.65. The number of ether oxygens (including phenoxy) is 1. The molecular formula is C12H8BrF3N2O3. The van der Waals surface area contributed by atoms with Crippen LogP contribution in [0.25, 0.3) is 0 Å². The molecule has 5 nitrogen and oxygen atoms in total. The van der Waals surface area contributed by atoms with Crippen molar-refractivity contribution in [2.75, 3.05) is 5.32 Å². The van der Waals surface area contributed by atoms with Crippen molar-refractivity contribution < 1.29 is 27.8 Å². The molecule has 0 unspecified atom stereocenters. The van der Waals surface area contributed by atoms with Crippen LogP contribution in [0.4, 0.5) is 18.9 Å². The van der Waals surface area contributed by atoms with Gasteiger partial charge in [-0.25, -0.2) is 0 Å². The molecule has 0 aliphatic heterocycles. The topological polar surface area (TPSA) is 82.3 Å². The van der Waals surface area contributed by atoms with E-state index in [2.05, 4.69) is 26.0 Å². The second-order valence-electron chi connectivity index (χ2n) is 3.60. The molecule has 1 amide bonds. The minimum atomic E-state index is -4.83. The second kappa shape index (κ2) is 6.99. The zero-order chi connectivity index (χ0) is 16.0. The lowest BCUT2D eigenvalue weighted by Gasteiger charge is -2.12. The Hall–Kier alpha value is -2.21. The summed E-state index contributed by atoms with van der Waals surface area (Å²) in [7, 11) is 0. The van der Waals surface area contributed by atoms with Crippen molar-refractivity contribution in [3.8, 4) is 11.8 Å². The number of anilines is 1. The van der Waals surface area contributed by atoms with Crippen LogP contribution in [0.2, 0.25) is 0 Å². The SMILES string of the molecule is N#CCC=C(O)C(=O)Nc1ccc(OC(F)(F)F)c(Br)c1. The molecule has 0 heterocycles. The fourth-order valence-electron chi connectivity index (χ4n) is 1.22. The molecule has 1 rings (SSSR count). The zero-order valence-corrected chi connectivity index (χ0v) is 11.8. The first kappa shape index (κ1) is 16.8. The summed E-state index contributed by atoms with van der Waals surface area (Å²) in [5.74, 6) is -2.02. The summed E-state index contributed by atoms with van der Waals surface area (Å²) < 4.78 is 39.9. The Morgan fingerprint density at radius 3 is 2.71 bits per heavy atom. The Morgan fingerprint density at radius 2 is 2.19 bits per heavy atom. The van der Waals surface area contributed by atoms with Crippen LogP contribution in [0.15, 0.2) is 34.5 Å². The highest BCUT2D eigenvalue weighted by Gasteiger charge is 2.31. The van der Waals surface area contributed by atoms with E-state index in [4.69, 9.17) is 5.26 Å². The zero-order valence-electron chi connectivity index (χ0n) is 10.2. The second-order valence-corrected chi connectivity index (χ2v) is 4.45. The van der Waals surface area contributed by atoms with Gasteiger partial charge >= 0.3 is 6.36 Å². The Balaban J connectivity index is 2.81. The largest absolute Gasteiger partial charge is 0.573 e. The van der Waals surface area contributed by atoms with Crippen molar-refractivity contribution in [1.82, 2.24) is 0 Å². The van der Waals surface area contributed by atoms with Crippen molar-refractivity contribution >= 4 is 27.5 Å². The van der Waals surface area contributed by atoms with E-state index in [1.54, 1.807) is 6.07 Å². The third kappa shape index (κ3) is 5.74. The Morgan fingerprint density at radius 1 is 1.52 bits per heavy atom. The van der Waals surface area contributed by atoms with E-state index < -0.39 is 23.8 Å². The molecule has 9 heteroatoms. The molecule has 0 bridgehead atoms. The van der Waals surface area contributed by atoms with E-state index >= 15 is 0 Å². The highest BCUT2D eigenvalue weighted by Crippen LogP contribution is 2.32. The number of nitriles is 1. The van der Waals surface area contributed by atoms with Gasteiger partial charge in [-0.2, -0.15) is 5.26 Å². The van der Waals surface area contributed by atoms with Gasteiger partial charge in [0.2, 0.25) is 0 Å². The maximum absolute atomic E-state index is 12.1. The van der Waals surface area contributed by atoms with E-state index in [9.17, 15) is 23.1 Å². The fourth-order valence-corrected chi connectivity index (χ4v) is 1.68. The van der Waals surface area contributed by atoms with Crippen LogP contribution < -0.4 is 10.1 Å². The average Bonchev–Trinajstić information content (AvgIpc) is 2.37. The number of nitrogens with zero attached hydrogens (tertiary/aromatic N) is 1. The van der Waals surface area contributed by atoms with Gasteiger partial charge in [-0.05, 0) is 40.2 Å². The number of carbonyl (C=O) groups excluding carboxylic acids is 1. The van der Waals surface area contributed by atoms with E-state index in [-0.39, 0.29) is 16.6 Å². The molecule has 0 saturated heterocycles. The quantitative estimate of drug-likeness (QED) is 0.631. The number of hydrogen-bond acceptors (Lipinski definition) is 4. The summed E-state index contributed by atoms with van der Waals surface area (Å²) in [6.07, 6.45) is -3.97. The van der Waals surface area contributed by atoms with Gasteiger partial charge in [0.05, 0.1) is 17.0 Å². The molecule has 0 saturated carbocycles. The number of alkyl halides is 3. The third-order valence-electron chi connectivity index (χ3n) is 2.03. The number of carbonyl (C=O) groups is 1. The van der Waals surface area contributed by atoms with Crippen LogP contribution in [0.1, 0.15) is 6.42 Å². The first-order valence-corrected chi connectivity index (χ1v) is 6.15. The smallest absolute Gasteiger partial charge is 0.503 e. The molecule has 0 spiro atoms. The standard InChI is InChI=1S/C12H8BrF3N2O3/c13-8-6-7(3-4-10(8)21-12(14,15)16)18-11(20)9(19)2-1-5-17/h2-4,6,19H,1H2,(H,18,20). The number of aliphatic hydroxyl groups is 1. The number of hydrogen-bond donors (Lipinski definition) is 2. The molecule has 0 aliphatic rings. The molecule has 21 heavy (non-hydrogen) atoms. The molecule has 1 aromatic carbocycles. The summed E-state index contributed by atoms with van der Waals surface area (Å²) in [4.78, 5) is 11.5. The maximum Gasteiger partial charge on any atom is 0.573 e. The van der Waals surface area contributed by atoms with Gasteiger partial charge in [-0.3, -0.25) is 4.79 Å². The van der Waals surface area contributed by atoms with Gasteiger partial charge in [0, 0.05) is 5.69 Å². The first-order chi connectivity index (χ1) is 9.73. The number of rotatable bonds is 4. The van der Waals surface area contributed by atoms with Crippen molar-refractivity contribution in [1.29, 1.82) is 5.26 Å². The number of nitrogens with one attached hydrogen (secondary N) is 1. The summed E-state index contributed by atoms with van der Waals surface area (Å²) >= 11 is 2.87. The Labute approximate surface area is 125 Å². The minimum Gasteiger partial charge on any atom is -0.503 e. The Bertz CT molecular complexity index is 609. The van der Waals surface area contributed by atoms with E-state index in [1.165, 1.54) is 12.1 Å². The van der Waals surface area contributed by atoms with Crippen LogP contribution in [0.5, 0.6) is 5.75 Å². The van der Waals surface area contributed by atoms with Crippen LogP contribution >= 0.6 is 15.9 Å². The molecule has 112 valence electrons. The van der Waals surface area contributed by atoms with Gasteiger partial charge in [0.15, 0.2) is 5.76 Å². The lowest BCUT2D eigenvalue weighted by molar-refractivity contribution is -0.274. The van der Waals surface area contributed by atoms with Crippen LogP contribution in [0, 0.1) is 11.3 Å². The average molecular weight is 365 g/mol. The van der Waals surface area contributed by atoms with Crippen LogP contribution in [0.3, 0.4) is 0 Å². The highest BCUT2D eigenvalue weighted by molar-refractivity contribution is 9.10. The molecular weight excluding hydrogens is 357 g/mol. The van der Waals surface area contributed by atoms with Crippen LogP contribution in [-0.2, 0) is 4.79 Å². The summed E-state index contributed by atoms with van der Waals surface area (Å²) in [6, 6.07) is 5.06. The van der Waals surface area contributed by atoms with Crippen molar-refractivity contribution in [3.63, 3.8) is 0 Å². The number of aliphatic hydroxyl groups excluding tert-OH is 1. The lowest BCUT2D eigenvalue weighted by Crippen LogP contribution is -2.18. The minimum absolute atomic E-state index is 0.0295.